The predicted octanol–water partition coefficient (Wildman–Crippen LogP) is -0.211. The summed E-state index contributed by atoms with van der Waals surface area (Å²) in [5.74, 6) is 0.0681. The molecule has 4 rings (SSSR count). The minimum atomic E-state index is -5.62. The van der Waals surface area contributed by atoms with Crippen LogP contribution < -0.4 is 11.0 Å². The molecule has 0 saturated carbocycles. The number of benzene rings is 1. The summed E-state index contributed by atoms with van der Waals surface area (Å²) >= 11 is 0. The van der Waals surface area contributed by atoms with Crippen molar-refractivity contribution in [2.75, 3.05) is 12.3 Å². The number of rotatable bonds is 9. The molecule has 20 heteroatoms. The highest BCUT2D eigenvalue weighted by atomic mass is 31.3. The van der Waals surface area contributed by atoms with Gasteiger partial charge in [-0.2, -0.15) is 4.31 Å². The number of imidazole rings is 1. The molecule has 3 heterocycles. The van der Waals surface area contributed by atoms with E-state index in [1.54, 1.807) is 0 Å². The number of hydrogen-bond acceptors (Lipinski definition) is 13. The average Bonchev–Trinajstić information content (AvgIpc) is 3.33. The number of nitrogen functional groups attached to an aromatic ring is 1. The zero-order valence-corrected chi connectivity index (χ0v) is 20.5. The normalized spacial score (nSPS) is 26.0. The van der Waals surface area contributed by atoms with Crippen molar-refractivity contribution < 1.29 is 56.5 Å². The van der Waals surface area contributed by atoms with Crippen LogP contribution in [0, 0.1) is 0 Å². The number of fused-ring (bicyclic) bond motifs is 1. The van der Waals surface area contributed by atoms with Crippen LogP contribution in [0.4, 0.5) is 5.82 Å². The van der Waals surface area contributed by atoms with E-state index in [0.717, 1.165) is 6.33 Å². The van der Waals surface area contributed by atoms with Gasteiger partial charge in [0.15, 0.2) is 17.7 Å². The monoisotopic (exact) mass is 567 g/mol. The molecule has 1 aliphatic heterocycles. The second-order valence-corrected chi connectivity index (χ2v) is 12.4. The number of hydrogen-bond donors (Lipinski definition) is 6. The largest absolute Gasteiger partial charge is 0.488 e. The highest BCUT2D eigenvalue weighted by molar-refractivity contribution is 7.72. The van der Waals surface area contributed by atoms with E-state index in [1.807, 2.05) is 0 Å². The molecule has 3 aromatic rings. The summed E-state index contributed by atoms with van der Waals surface area (Å²) in [6.07, 6.45) is -3.35. The molecule has 0 amide bonds. The van der Waals surface area contributed by atoms with Crippen molar-refractivity contribution in [3.8, 4) is 0 Å². The third kappa shape index (κ3) is 5.73. The number of nitrogens with two attached hydrogens (primary N) is 1. The molecule has 2 aromatic heterocycles. The summed E-state index contributed by atoms with van der Waals surface area (Å²) in [6.45, 7) is -0.763. The van der Waals surface area contributed by atoms with E-state index in [4.69, 9.17) is 24.8 Å². The van der Waals surface area contributed by atoms with Crippen LogP contribution in [0.25, 0.3) is 11.2 Å². The number of aliphatic hydroxyl groups is 2. The highest BCUT2D eigenvalue weighted by Gasteiger charge is 2.47. The second-order valence-electron chi connectivity index (χ2n) is 7.38. The number of ether oxygens (including phenoxy) is 1. The smallest absolute Gasteiger partial charge is 0.387 e. The zero-order valence-electron chi connectivity index (χ0n) is 17.9. The van der Waals surface area contributed by atoms with Gasteiger partial charge < -0.3 is 39.9 Å². The molecular weight excluding hydrogens is 547 g/mol. The van der Waals surface area contributed by atoms with Gasteiger partial charge in [0.05, 0.1) is 18.2 Å². The molecule has 6 unspecified atom stereocenters. The standard InChI is InChI=1S/C16H20N5O12P3/c17-14-11-15(19-7-18-14)21(8-20-11)16-13(23)12(22)10(31-16)6-30-34(24,9-4-2-1-3-5-9)32-36(28,29)33-35(25,26)27/h1-5,7-8,10,12-13,16,22-23H,6H2,(H,28,29)(H2,17,18,19)(H2,25,26,27). The Morgan fingerprint density at radius 3 is 2.36 bits per heavy atom. The summed E-state index contributed by atoms with van der Waals surface area (Å²) in [5, 5.41) is 20.8. The molecule has 0 bridgehead atoms. The number of anilines is 1. The predicted molar refractivity (Wildman–Crippen MR) is 119 cm³/mol. The summed E-state index contributed by atoms with van der Waals surface area (Å²) in [5.41, 5.74) is 6.16. The lowest BCUT2D eigenvalue weighted by Crippen LogP contribution is -2.34. The first-order valence-electron chi connectivity index (χ1n) is 9.85. The molecule has 1 saturated heterocycles. The van der Waals surface area contributed by atoms with Gasteiger partial charge >= 0.3 is 23.2 Å². The van der Waals surface area contributed by atoms with Crippen molar-refractivity contribution in [2.24, 2.45) is 0 Å². The van der Waals surface area contributed by atoms with Gasteiger partial charge in [0, 0.05) is 0 Å². The van der Waals surface area contributed by atoms with Crippen molar-refractivity contribution in [1.82, 2.24) is 19.5 Å². The molecular formula is C16H20N5O12P3. The number of nitrogens with zero attached hydrogens (tertiary/aromatic N) is 4. The molecule has 1 aliphatic rings. The lowest BCUT2D eigenvalue weighted by atomic mass is 10.1. The van der Waals surface area contributed by atoms with Gasteiger partial charge in [-0.1, -0.05) is 18.2 Å². The van der Waals surface area contributed by atoms with E-state index in [-0.39, 0.29) is 22.3 Å². The van der Waals surface area contributed by atoms with Gasteiger partial charge in [0.1, 0.15) is 30.2 Å². The van der Waals surface area contributed by atoms with Crippen LogP contribution in [-0.4, -0.2) is 69.3 Å². The molecule has 1 aromatic carbocycles. The Morgan fingerprint density at radius 2 is 1.69 bits per heavy atom. The summed E-state index contributed by atoms with van der Waals surface area (Å²) in [4.78, 5) is 39.3. The van der Waals surface area contributed by atoms with Crippen molar-refractivity contribution in [1.29, 1.82) is 0 Å². The Hall–Kier alpha value is -2.10. The minimum Gasteiger partial charge on any atom is -0.387 e. The number of phosphoric acid groups is 2. The van der Waals surface area contributed by atoms with E-state index >= 15 is 0 Å². The molecule has 7 N–H and O–H groups in total. The SMILES string of the molecule is Nc1ncnc2c1ncn2C1OC(COP(=O)(OP(=O)(O)OP(=O)(O)O)c2ccccc2)C(O)C1O. The first-order chi connectivity index (χ1) is 16.8. The Balaban J connectivity index is 1.56. The fourth-order valence-electron chi connectivity index (χ4n) is 3.37. The first kappa shape index (κ1) is 26.9. The topological polar surface area (TPSA) is 259 Å². The van der Waals surface area contributed by atoms with Gasteiger partial charge in [0.2, 0.25) is 0 Å². The third-order valence-electron chi connectivity index (χ3n) is 4.90. The van der Waals surface area contributed by atoms with Crippen LogP contribution in [0.3, 0.4) is 0 Å². The van der Waals surface area contributed by atoms with Gasteiger partial charge in [-0.25, -0.2) is 28.4 Å². The van der Waals surface area contributed by atoms with Gasteiger partial charge in [-0.3, -0.25) is 9.13 Å². The lowest BCUT2D eigenvalue weighted by molar-refractivity contribution is -0.0481. The van der Waals surface area contributed by atoms with Gasteiger partial charge in [-0.15, -0.1) is 0 Å². The van der Waals surface area contributed by atoms with Crippen molar-refractivity contribution in [3.63, 3.8) is 0 Å². The zero-order chi connectivity index (χ0) is 26.3. The Bertz CT molecular complexity index is 1380. The Morgan fingerprint density at radius 1 is 1.00 bits per heavy atom. The van der Waals surface area contributed by atoms with Crippen LogP contribution in [0.1, 0.15) is 6.23 Å². The van der Waals surface area contributed by atoms with Crippen LogP contribution in [0.15, 0.2) is 43.0 Å². The molecule has 1 fully saturated rings. The van der Waals surface area contributed by atoms with Crippen LogP contribution in [-0.2, 0) is 31.6 Å². The second kappa shape index (κ2) is 9.99. The summed E-state index contributed by atoms with van der Waals surface area (Å²) < 4.78 is 57.0. The van der Waals surface area contributed by atoms with E-state index in [9.17, 15) is 28.8 Å². The average molecular weight is 567 g/mol. The molecule has 6 atom stereocenters. The third-order valence-corrected chi connectivity index (χ3v) is 9.68. The summed E-state index contributed by atoms with van der Waals surface area (Å²) in [7, 11) is -16.0. The van der Waals surface area contributed by atoms with Crippen LogP contribution in [0.2, 0.25) is 0 Å². The van der Waals surface area contributed by atoms with Crippen LogP contribution in [0.5, 0.6) is 0 Å². The molecule has 196 valence electrons. The highest BCUT2D eigenvalue weighted by Crippen LogP contribution is 2.67. The van der Waals surface area contributed by atoms with E-state index in [1.165, 1.54) is 41.2 Å². The maximum atomic E-state index is 13.4. The molecule has 0 aliphatic carbocycles. The van der Waals surface area contributed by atoms with Crippen molar-refractivity contribution >= 4 is 45.5 Å². The molecule has 17 nitrogen and oxygen atoms in total. The Labute approximate surface area is 201 Å². The van der Waals surface area contributed by atoms with E-state index in [0.29, 0.717) is 0 Å². The van der Waals surface area contributed by atoms with Crippen molar-refractivity contribution in [2.45, 2.75) is 24.5 Å². The Kier molecular flexibility index (Phi) is 7.48. The number of aromatic nitrogens is 4. The van der Waals surface area contributed by atoms with Crippen LogP contribution >= 0.6 is 23.2 Å². The summed E-state index contributed by atoms with van der Waals surface area (Å²) in [6, 6.07) is 6.70. The van der Waals surface area contributed by atoms with Gasteiger partial charge in [-0.05, 0) is 12.1 Å². The van der Waals surface area contributed by atoms with Crippen molar-refractivity contribution in [3.05, 3.63) is 43.0 Å². The molecule has 36 heavy (non-hydrogen) atoms. The van der Waals surface area contributed by atoms with Gasteiger partial charge in [0.25, 0.3) is 0 Å². The fourth-order valence-corrected chi connectivity index (χ4v) is 7.51. The minimum absolute atomic E-state index is 0.0681. The molecule has 0 radical (unpaired) electrons. The number of aliphatic hydroxyl groups excluding tert-OH is 2. The maximum Gasteiger partial charge on any atom is 0.488 e. The fraction of sp³-hybridized carbons (Fsp3) is 0.312. The lowest BCUT2D eigenvalue weighted by Gasteiger charge is -2.23. The maximum absolute atomic E-state index is 13.4. The van der Waals surface area contributed by atoms with E-state index < -0.39 is 54.4 Å². The quantitative estimate of drug-likeness (QED) is 0.183. The molecule has 0 spiro atoms. The van der Waals surface area contributed by atoms with E-state index in [2.05, 4.69) is 23.6 Å². The first-order valence-corrected chi connectivity index (χ1v) is 14.4.